The SMILES string of the molecule is Cc1ccc(C2=Nc3ncnn3C(c3cccc4ccccc34)C2)cc1. The molecule has 4 nitrogen and oxygen atoms in total. The van der Waals surface area contributed by atoms with E-state index in [2.05, 4.69) is 83.7 Å². The molecule has 3 aromatic carbocycles. The van der Waals surface area contributed by atoms with E-state index in [1.54, 1.807) is 6.33 Å². The van der Waals surface area contributed by atoms with Gasteiger partial charge in [0.15, 0.2) is 0 Å². The molecule has 1 aliphatic heterocycles. The molecular weight excluding hydrogens is 320 g/mol. The van der Waals surface area contributed by atoms with Crippen molar-refractivity contribution in [3.63, 3.8) is 0 Å². The monoisotopic (exact) mass is 338 g/mol. The van der Waals surface area contributed by atoms with Gasteiger partial charge in [0, 0.05) is 6.42 Å². The molecule has 0 amide bonds. The first-order valence-electron chi connectivity index (χ1n) is 8.81. The number of aliphatic imine (C=N–C) groups is 1. The molecule has 1 atom stereocenters. The molecule has 5 rings (SSSR count). The summed E-state index contributed by atoms with van der Waals surface area (Å²) >= 11 is 0. The van der Waals surface area contributed by atoms with E-state index >= 15 is 0 Å². The lowest BCUT2D eigenvalue weighted by Crippen LogP contribution is -2.21. The van der Waals surface area contributed by atoms with Gasteiger partial charge < -0.3 is 0 Å². The average molecular weight is 338 g/mol. The van der Waals surface area contributed by atoms with Crippen LogP contribution >= 0.6 is 0 Å². The lowest BCUT2D eigenvalue weighted by molar-refractivity contribution is 0.534. The van der Waals surface area contributed by atoms with Crippen molar-refractivity contribution in [2.75, 3.05) is 0 Å². The second kappa shape index (κ2) is 5.92. The molecule has 4 aromatic rings. The van der Waals surface area contributed by atoms with Gasteiger partial charge in [0.05, 0.1) is 11.8 Å². The molecule has 0 N–H and O–H groups in total. The minimum atomic E-state index is 0.0902. The molecule has 0 saturated carbocycles. The van der Waals surface area contributed by atoms with E-state index < -0.39 is 0 Å². The van der Waals surface area contributed by atoms with Crippen LogP contribution in [0.25, 0.3) is 10.8 Å². The molecule has 1 unspecified atom stereocenters. The van der Waals surface area contributed by atoms with E-state index in [9.17, 15) is 0 Å². The van der Waals surface area contributed by atoms with Gasteiger partial charge in [-0.3, -0.25) is 0 Å². The summed E-state index contributed by atoms with van der Waals surface area (Å²) < 4.78 is 1.94. The van der Waals surface area contributed by atoms with Gasteiger partial charge in [-0.15, -0.1) is 0 Å². The van der Waals surface area contributed by atoms with Gasteiger partial charge in [-0.2, -0.15) is 10.1 Å². The second-order valence-corrected chi connectivity index (χ2v) is 6.72. The predicted molar refractivity (Wildman–Crippen MR) is 104 cm³/mol. The zero-order valence-corrected chi connectivity index (χ0v) is 14.5. The number of aryl methyl sites for hydroxylation is 1. The Kier molecular flexibility index (Phi) is 3.42. The van der Waals surface area contributed by atoms with Crippen LogP contribution in [0.2, 0.25) is 0 Å². The quantitative estimate of drug-likeness (QED) is 0.524. The van der Waals surface area contributed by atoms with Crippen LogP contribution in [0.4, 0.5) is 5.95 Å². The Hall–Kier alpha value is -3.27. The molecule has 0 saturated heterocycles. The summed E-state index contributed by atoms with van der Waals surface area (Å²) in [5, 5.41) is 6.96. The number of benzene rings is 3. The van der Waals surface area contributed by atoms with Crippen LogP contribution in [-0.2, 0) is 0 Å². The molecule has 0 radical (unpaired) electrons. The normalized spacial score (nSPS) is 16.3. The van der Waals surface area contributed by atoms with E-state index in [0.717, 1.165) is 17.7 Å². The number of fused-ring (bicyclic) bond motifs is 2. The predicted octanol–water partition coefficient (Wildman–Crippen LogP) is 4.85. The minimum Gasteiger partial charge on any atom is -0.222 e. The summed E-state index contributed by atoms with van der Waals surface area (Å²) in [6.07, 6.45) is 2.39. The summed E-state index contributed by atoms with van der Waals surface area (Å²) in [7, 11) is 0. The Bertz CT molecular complexity index is 1120. The minimum absolute atomic E-state index is 0.0902. The van der Waals surface area contributed by atoms with Crippen molar-refractivity contribution < 1.29 is 0 Å². The Morgan fingerprint density at radius 3 is 2.62 bits per heavy atom. The molecule has 1 aromatic heterocycles. The third-order valence-electron chi connectivity index (χ3n) is 5.04. The highest BCUT2D eigenvalue weighted by Gasteiger charge is 2.27. The first kappa shape index (κ1) is 15.0. The van der Waals surface area contributed by atoms with Gasteiger partial charge in [0.25, 0.3) is 0 Å². The highest BCUT2D eigenvalue weighted by Crippen LogP contribution is 2.35. The molecule has 26 heavy (non-hydrogen) atoms. The summed E-state index contributed by atoms with van der Waals surface area (Å²) in [5.74, 6) is 0.671. The van der Waals surface area contributed by atoms with Crippen molar-refractivity contribution in [3.05, 3.63) is 89.7 Å². The first-order chi connectivity index (χ1) is 12.8. The molecule has 2 heterocycles. The maximum atomic E-state index is 4.77. The number of nitrogens with zero attached hydrogens (tertiary/aromatic N) is 4. The zero-order chi connectivity index (χ0) is 17.5. The Balaban J connectivity index is 1.66. The number of aromatic nitrogens is 3. The Morgan fingerprint density at radius 1 is 0.923 bits per heavy atom. The van der Waals surface area contributed by atoms with Gasteiger partial charge in [-0.05, 0) is 28.8 Å². The first-order valence-corrected chi connectivity index (χ1v) is 8.81. The maximum absolute atomic E-state index is 4.77. The van der Waals surface area contributed by atoms with E-state index in [1.807, 2.05) is 4.68 Å². The van der Waals surface area contributed by atoms with Crippen LogP contribution < -0.4 is 0 Å². The van der Waals surface area contributed by atoms with Gasteiger partial charge in [0.2, 0.25) is 5.95 Å². The largest absolute Gasteiger partial charge is 0.248 e. The summed E-state index contributed by atoms with van der Waals surface area (Å²) in [5.41, 5.74) is 4.71. The van der Waals surface area contributed by atoms with Gasteiger partial charge in [-0.25, -0.2) is 9.67 Å². The summed E-state index contributed by atoms with van der Waals surface area (Å²) in [6, 6.07) is 23.6. The van der Waals surface area contributed by atoms with Gasteiger partial charge >= 0.3 is 0 Å². The second-order valence-electron chi connectivity index (χ2n) is 6.72. The van der Waals surface area contributed by atoms with Crippen LogP contribution in [0.15, 0.2) is 78.0 Å². The summed E-state index contributed by atoms with van der Waals surface area (Å²) in [4.78, 5) is 9.14. The topological polar surface area (TPSA) is 43.1 Å². The lowest BCUT2D eigenvalue weighted by atomic mass is 9.92. The highest BCUT2D eigenvalue weighted by atomic mass is 15.4. The number of hydrogen-bond acceptors (Lipinski definition) is 3. The van der Waals surface area contributed by atoms with Crippen LogP contribution in [0.5, 0.6) is 0 Å². The van der Waals surface area contributed by atoms with Crippen molar-refractivity contribution in [1.29, 1.82) is 0 Å². The van der Waals surface area contributed by atoms with Crippen molar-refractivity contribution in [2.24, 2.45) is 4.99 Å². The Labute approximate surface area is 151 Å². The molecule has 0 spiro atoms. The smallest absolute Gasteiger partial charge is 0.222 e. The molecule has 4 heteroatoms. The van der Waals surface area contributed by atoms with E-state index in [1.165, 1.54) is 21.9 Å². The number of hydrogen-bond donors (Lipinski definition) is 0. The third kappa shape index (κ3) is 2.42. The Morgan fingerprint density at radius 2 is 1.73 bits per heavy atom. The van der Waals surface area contributed by atoms with Crippen molar-refractivity contribution in [1.82, 2.24) is 14.8 Å². The van der Waals surface area contributed by atoms with Crippen molar-refractivity contribution in [3.8, 4) is 0 Å². The fourth-order valence-electron chi connectivity index (χ4n) is 3.69. The maximum Gasteiger partial charge on any atom is 0.248 e. The fourth-order valence-corrected chi connectivity index (χ4v) is 3.69. The molecule has 0 fully saturated rings. The molecule has 126 valence electrons. The van der Waals surface area contributed by atoms with Crippen molar-refractivity contribution in [2.45, 2.75) is 19.4 Å². The standard InChI is InChI=1S/C22H18N4/c1-15-9-11-17(12-10-15)20-13-21(26-22(25-20)23-14-24-26)19-8-4-6-16-5-2-3-7-18(16)19/h2-12,14,21H,13H2,1H3. The van der Waals surface area contributed by atoms with Crippen LogP contribution in [0.3, 0.4) is 0 Å². The van der Waals surface area contributed by atoms with E-state index in [0.29, 0.717) is 5.95 Å². The molecular formula is C22H18N4. The third-order valence-corrected chi connectivity index (χ3v) is 5.04. The lowest BCUT2D eigenvalue weighted by Gasteiger charge is -2.25. The van der Waals surface area contributed by atoms with Gasteiger partial charge in [0.1, 0.15) is 6.33 Å². The highest BCUT2D eigenvalue weighted by molar-refractivity contribution is 6.03. The van der Waals surface area contributed by atoms with E-state index in [-0.39, 0.29) is 6.04 Å². The van der Waals surface area contributed by atoms with E-state index in [4.69, 9.17) is 4.99 Å². The molecule has 1 aliphatic rings. The van der Waals surface area contributed by atoms with Crippen LogP contribution in [0.1, 0.15) is 29.2 Å². The summed E-state index contributed by atoms with van der Waals surface area (Å²) in [6.45, 7) is 2.10. The zero-order valence-electron chi connectivity index (χ0n) is 14.5. The van der Waals surface area contributed by atoms with Crippen LogP contribution in [-0.4, -0.2) is 20.5 Å². The fraction of sp³-hybridized carbons (Fsp3) is 0.136. The molecule has 0 aliphatic carbocycles. The molecule has 0 bridgehead atoms. The average Bonchev–Trinajstić information content (AvgIpc) is 3.16. The van der Waals surface area contributed by atoms with Crippen molar-refractivity contribution >= 4 is 22.4 Å². The van der Waals surface area contributed by atoms with Gasteiger partial charge in [-0.1, -0.05) is 72.3 Å². The number of rotatable bonds is 2. The van der Waals surface area contributed by atoms with Crippen LogP contribution in [0, 0.1) is 6.92 Å².